The van der Waals surface area contributed by atoms with Gasteiger partial charge in [-0.15, -0.1) is 11.8 Å². The summed E-state index contributed by atoms with van der Waals surface area (Å²) in [7, 11) is 0. The summed E-state index contributed by atoms with van der Waals surface area (Å²) in [5.74, 6) is 0.0224. The van der Waals surface area contributed by atoms with Crippen LogP contribution >= 0.6 is 11.8 Å². The van der Waals surface area contributed by atoms with Gasteiger partial charge in [0, 0.05) is 35.5 Å². The van der Waals surface area contributed by atoms with E-state index < -0.39 is 17.4 Å². The lowest BCUT2D eigenvalue weighted by Crippen LogP contribution is -2.64. The van der Waals surface area contributed by atoms with E-state index in [2.05, 4.69) is 54.5 Å². The first-order valence-electron chi connectivity index (χ1n) is 16.6. The van der Waals surface area contributed by atoms with E-state index in [1.165, 1.54) is 30.5 Å². The molecule has 3 saturated carbocycles. The third-order valence-corrected chi connectivity index (χ3v) is 14.1. The molecule has 242 valence electrons. The summed E-state index contributed by atoms with van der Waals surface area (Å²) >= 11 is 1.92. The van der Waals surface area contributed by atoms with Crippen LogP contribution in [0.2, 0.25) is 0 Å². The van der Waals surface area contributed by atoms with Crippen LogP contribution in [-0.2, 0) is 19.8 Å². The minimum absolute atomic E-state index is 0.0401. The van der Waals surface area contributed by atoms with Crippen LogP contribution in [0.5, 0.6) is 11.5 Å². The van der Waals surface area contributed by atoms with Crippen LogP contribution in [0, 0.1) is 34.5 Å². The molecule has 0 saturated heterocycles. The van der Waals surface area contributed by atoms with Crippen molar-refractivity contribution in [1.82, 2.24) is 0 Å². The zero-order chi connectivity index (χ0) is 32.6. The second-order valence-corrected chi connectivity index (χ2v) is 17.4. The molecule has 4 aliphatic carbocycles. The highest BCUT2D eigenvalue weighted by atomic mass is 32.2. The van der Waals surface area contributed by atoms with Gasteiger partial charge in [0.2, 0.25) is 5.91 Å². The maximum atomic E-state index is 12.8. The van der Waals surface area contributed by atoms with Crippen LogP contribution in [0.1, 0.15) is 136 Å². The summed E-state index contributed by atoms with van der Waals surface area (Å²) in [6.45, 7) is 21.1. The second kappa shape index (κ2) is 10.9. The molecule has 6 nitrogen and oxygen atoms in total. The van der Waals surface area contributed by atoms with E-state index in [1.807, 2.05) is 24.8 Å². The van der Waals surface area contributed by atoms with E-state index in [-0.39, 0.29) is 32.8 Å². The summed E-state index contributed by atoms with van der Waals surface area (Å²) in [6, 6.07) is 2.00. The first kappa shape index (κ1) is 33.1. The van der Waals surface area contributed by atoms with E-state index in [0.717, 1.165) is 56.9 Å². The number of carbonyl (C=O) groups excluding carboxylic acids is 3. The molecule has 2 N–H and O–H groups in total. The number of fused-ring (bicyclic) bond motifs is 7. The molecule has 0 aliphatic heterocycles. The van der Waals surface area contributed by atoms with Crippen LogP contribution in [0.15, 0.2) is 17.7 Å². The Morgan fingerprint density at radius 3 is 2.18 bits per heavy atom. The number of nitrogens with two attached hydrogens (primary N) is 1. The lowest BCUT2D eigenvalue weighted by Gasteiger charge is -2.71. The van der Waals surface area contributed by atoms with Gasteiger partial charge in [0.25, 0.3) is 0 Å². The monoisotopic (exact) mass is 623 g/mol. The number of thioether (sulfide) groups is 1. The molecule has 0 radical (unpaired) electrons. The van der Waals surface area contributed by atoms with Crippen molar-refractivity contribution in [2.75, 3.05) is 0 Å². The van der Waals surface area contributed by atoms with Gasteiger partial charge in [-0.25, -0.2) is 0 Å². The molecule has 44 heavy (non-hydrogen) atoms. The van der Waals surface area contributed by atoms with Crippen molar-refractivity contribution >= 4 is 29.6 Å². The molecule has 0 aromatic heterocycles. The summed E-state index contributed by atoms with van der Waals surface area (Å²) in [4.78, 5) is 37.3. The van der Waals surface area contributed by atoms with E-state index >= 15 is 0 Å². The van der Waals surface area contributed by atoms with Crippen molar-refractivity contribution in [3.05, 3.63) is 34.4 Å². The Kier molecular flexibility index (Phi) is 8.21. The Labute approximate surface area is 268 Å². The van der Waals surface area contributed by atoms with Gasteiger partial charge in [0.05, 0.1) is 0 Å². The quantitative estimate of drug-likeness (QED) is 0.194. The zero-order valence-electron chi connectivity index (χ0n) is 28.6. The van der Waals surface area contributed by atoms with Gasteiger partial charge in [0.1, 0.15) is 0 Å². The van der Waals surface area contributed by atoms with Gasteiger partial charge in [0.15, 0.2) is 11.5 Å². The number of allylic oxidation sites excluding steroid dienone is 1. The summed E-state index contributed by atoms with van der Waals surface area (Å²) in [5.41, 5.74) is 10.2. The van der Waals surface area contributed by atoms with Gasteiger partial charge < -0.3 is 15.2 Å². The van der Waals surface area contributed by atoms with Crippen LogP contribution < -0.4 is 15.2 Å². The number of hydrogen-bond acceptors (Lipinski definition) is 6. The highest BCUT2D eigenvalue weighted by Crippen LogP contribution is 2.76. The van der Waals surface area contributed by atoms with Crippen LogP contribution in [0.4, 0.5) is 0 Å². The van der Waals surface area contributed by atoms with Gasteiger partial charge in [-0.1, -0.05) is 60.1 Å². The van der Waals surface area contributed by atoms with Gasteiger partial charge in [-0.2, -0.15) is 0 Å². The van der Waals surface area contributed by atoms with Gasteiger partial charge >= 0.3 is 11.9 Å². The molecule has 7 atom stereocenters. The second-order valence-electron chi connectivity index (χ2n) is 15.7. The first-order chi connectivity index (χ1) is 20.4. The molecule has 1 aromatic carbocycles. The minimum atomic E-state index is -0.474. The molecule has 0 heterocycles. The number of esters is 2. The number of carbonyl (C=O) groups is 3. The number of hydrogen-bond donors (Lipinski definition) is 1. The zero-order valence-corrected chi connectivity index (χ0v) is 29.4. The summed E-state index contributed by atoms with van der Waals surface area (Å²) in [5, 5.41) is 0.434. The highest BCUT2D eigenvalue weighted by Gasteiger charge is 2.68. The Bertz CT molecular complexity index is 1430. The predicted octanol–water partition coefficient (Wildman–Crippen LogP) is 8.51. The Hall–Kier alpha value is -2.28. The van der Waals surface area contributed by atoms with Crippen LogP contribution in [0.25, 0.3) is 0 Å². The molecule has 4 aliphatic rings. The van der Waals surface area contributed by atoms with Crippen LogP contribution in [-0.4, -0.2) is 23.1 Å². The molecule has 1 aromatic rings. The number of amides is 1. The largest absolute Gasteiger partial charge is 0.423 e. The van der Waals surface area contributed by atoms with Crippen molar-refractivity contribution in [2.45, 2.75) is 137 Å². The molecular formula is C37H53NO5S. The molecule has 1 amide bonds. The molecule has 7 heteroatoms. The average Bonchev–Trinajstić information content (AvgIpc) is 2.92. The van der Waals surface area contributed by atoms with E-state index in [4.69, 9.17) is 15.2 Å². The standard InChI is InChI=1S/C37H53NO5S/c1-11-37-17-15-35(9)25-18-26(42-23(5)39)31(43-24(6)40)22(4)30(25)27(44-21(2)3)19-28(35)36(37,10)16-14-33(7)12-13-34(8,32(38)41)20-29(33)37/h18-19,21,27,29H,11-17,20H2,1-10H3,(H2,38,41)/t27?,29-,33-,34-,35+,36-,37+/m1/s1. The predicted molar refractivity (Wildman–Crippen MR) is 177 cm³/mol. The lowest BCUT2D eigenvalue weighted by atomic mass is 9.33. The van der Waals surface area contributed by atoms with Crippen molar-refractivity contribution in [2.24, 2.45) is 33.3 Å². The van der Waals surface area contributed by atoms with E-state index in [1.54, 1.807) is 0 Å². The van der Waals surface area contributed by atoms with Gasteiger partial charge in [-0.3, -0.25) is 14.4 Å². The van der Waals surface area contributed by atoms with Crippen molar-refractivity contribution in [3.63, 3.8) is 0 Å². The van der Waals surface area contributed by atoms with Crippen molar-refractivity contribution in [3.8, 4) is 11.5 Å². The van der Waals surface area contributed by atoms with Crippen LogP contribution in [0.3, 0.4) is 0 Å². The fourth-order valence-electron chi connectivity index (χ4n) is 10.4. The van der Waals surface area contributed by atoms with E-state index in [9.17, 15) is 14.4 Å². The number of primary amides is 1. The topological polar surface area (TPSA) is 95.7 Å². The first-order valence-corrected chi connectivity index (χ1v) is 17.5. The van der Waals surface area contributed by atoms with E-state index in [0.29, 0.717) is 22.7 Å². The normalized spacial score (nSPS) is 37.6. The van der Waals surface area contributed by atoms with Crippen molar-refractivity contribution in [1.29, 1.82) is 0 Å². The smallest absolute Gasteiger partial charge is 0.308 e. The summed E-state index contributed by atoms with van der Waals surface area (Å²) < 4.78 is 11.5. The molecule has 0 bridgehead atoms. The maximum absolute atomic E-state index is 12.8. The fourth-order valence-corrected chi connectivity index (χ4v) is 11.6. The number of benzene rings is 1. The molecule has 0 spiro atoms. The molecule has 1 unspecified atom stereocenters. The lowest BCUT2D eigenvalue weighted by molar-refractivity contribution is -0.174. The molecule has 3 fully saturated rings. The third kappa shape index (κ3) is 4.77. The maximum Gasteiger partial charge on any atom is 0.308 e. The number of ether oxygens (including phenoxy) is 2. The van der Waals surface area contributed by atoms with Gasteiger partial charge in [-0.05, 0) is 103 Å². The Morgan fingerprint density at radius 2 is 1.61 bits per heavy atom. The average molecular weight is 624 g/mol. The summed E-state index contributed by atoms with van der Waals surface area (Å²) in [6.07, 6.45) is 10.6. The fraction of sp³-hybridized carbons (Fsp3) is 0.703. The molecule has 5 rings (SSSR count). The highest BCUT2D eigenvalue weighted by molar-refractivity contribution is 8.00. The minimum Gasteiger partial charge on any atom is -0.423 e. The van der Waals surface area contributed by atoms with Crippen molar-refractivity contribution < 1.29 is 23.9 Å². The molecular weight excluding hydrogens is 570 g/mol. The Morgan fingerprint density at radius 1 is 0.977 bits per heavy atom. The number of rotatable bonds is 6. The SMILES string of the molecule is CC[C@@]12CC[C@]3(C)C(=CC(SC(C)C)c4c3cc(OC(C)=O)c(OC(C)=O)c4C)[C@@]1(C)CC[C@@]1(C)CC[C@@](C)(C(N)=O)C[C@H]12. The third-order valence-electron chi connectivity index (χ3n) is 12.8. The Balaban J connectivity index is 1.74.